The monoisotopic (exact) mass is 303 g/mol. The molecule has 0 aromatic carbocycles. The lowest BCUT2D eigenvalue weighted by molar-refractivity contribution is -0.127. The molecular formula is C16H21N3O3. The van der Waals surface area contributed by atoms with Gasteiger partial charge in [-0.1, -0.05) is 5.57 Å². The molecule has 0 radical (unpaired) electrons. The third-order valence-corrected chi connectivity index (χ3v) is 4.50. The van der Waals surface area contributed by atoms with Gasteiger partial charge in [0.2, 0.25) is 5.91 Å². The van der Waals surface area contributed by atoms with Crippen molar-refractivity contribution in [3.8, 4) is 0 Å². The average molecular weight is 303 g/mol. The van der Waals surface area contributed by atoms with Crippen LogP contribution in [0.15, 0.2) is 24.0 Å². The van der Waals surface area contributed by atoms with Crippen molar-refractivity contribution in [2.75, 3.05) is 13.1 Å². The van der Waals surface area contributed by atoms with Crippen molar-refractivity contribution in [3.63, 3.8) is 0 Å². The fourth-order valence-corrected chi connectivity index (χ4v) is 2.96. The van der Waals surface area contributed by atoms with E-state index in [1.807, 2.05) is 11.8 Å². The Bertz CT molecular complexity index is 616. The van der Waals surface area contributed by atoms with E-state index in [-0.39, 0.29) is 17.5 Å². The number of rotatable bonds is 4. The molecule has 1 aromatic rings. The van der Waals surface area contributed by atoms with Crippen LogP contribution < -0.4 is 0 Å². The number of carboxylic acids is 1. The third-order valence-electron chi connectivity index (χ3n) is 4.50. The molecule has 1 aliphatic heterocycles. The number of hydrogen-bond acceptors (Lipinski definition) is 3. The summed E-state index contributed by atoms with van der Waals surface area (Å²) in [6.45, 7) is 3.38. The molecule has 118 valence electrons. The predicted molar refractivity (Wildman–Crippen MR) is 80.5 cm³/mol. The second-order valence-corrected chi connectivity index (χ2v) is 6.26. The number of carbonyl (C=O) groups excluding carboxylic acids is 1. The van der Waals surface area contributed by atoms with Crippen LogP contribution in [0.5, 0.6) is 0 Å². The Morgan fingerprint density at radius 1 is 1.36 bits per heavy atom. The first kappa shape index (κ1) is 14.8. The van der Waals surface area contributed by atoms with Gasteiger partial charge in [0.15, 0.2) is 0 Å². The molecule has 0 spiro atoms. The van der Waals surface area contributed by atoms with Crippen molar-refractivity contribution in [2.45, 2.75) is 38.6 Å². The summed E-state index contributed by atoms with van der Waals surface area (Å²) in [7, 11) is 0. The zero-order valence-electron chi connectivity index (χ0n) is 12.7. The first-order chi connectivity index (χ1) is 10.5. The van der Waals surface area contributed by atoms with Crippen molar-refractivity contribution in [1.82, 2.24) is 14.7 Å². The highest BCUT2D eigenvalue weighted by atomic mass is 16.4. The average Bonchev–Trinajstić information content (AvgIpc) is 3.24. The van der Waals surface area contributed by atoms with Gasteiger partial charge in [0, 0.05) is 25.4 Å². The largest absolute Gasteiger partial charge is 0.478 e. The molecule has 1 atom stereocenters. The lowest BCUT2D eigenvalue weighted by atomic mass is 10.1. The molecule has 1 saturated carbocycles. The summed E-state index contributed by atoms with van der Waals surface area (Å²) in [6.07, 6.45) is 8.90. The first-order valence-corrected chi connectivity index (χ1v) is 7.79. The summed E-state index contributed by atoms with van der Waals surface area (Å²) in [4.78, 5) is 25.1. The summed E-state index contributed by atoms with van der Waals surface area (Å²) in [5.41, 5.74) is 1.37. The Morgan fingerprint density at radius 2 is 2.14 bits per heavy atom. The van der Waals surface area contributed by atoms with E-state index >= 15 is 0 Å². The Morgan fingerprint density at radius 3 is 2.77 bits per heavy atom. The van der Waals surface area contributed by atoms with Gasteiger partial charge >= 0.3 is 5.97 Å². The molecule has 2 aliphatic rings. The highest BCUT2D eigenvalue weighted by molar-refractivity contribution is 5.88. The summed E-state index contributed by atoms with van der Waals surface area (Å²) in [6, 6.07) is 0.0560. The Labute approximate surface area is 129 Å². The maximum Gasteiger partial charge on any atom is 0.338 e. The van der Waals surface area contributed by atoms with Gasteiger partial charge in [-0.15, -0.1) is 0 Å². The van der Waals surface area contributed by atoms with Crippen molar-refractivity contribution >= 4 is 11.9 Å². The Kier molecular flexibility index (Phi) is 4.00. The fourth-order valence-electron chi connectivity index (χ4n) is 2.96. The standard InChI is InChI=1S/C16H21N3O3/c1-11(12-4-5-12)7-15(20)18-6-2-3-14(10-18)19-9-13(8-17-19)16(21)22/h7-9,12,14H,2-6,10H2,1H3,(H,21,22). The minimum atomic E-state index is -0.974. The SMILES string of the molecule is CC(=CC(=O)N1CCCC(n2cc(C(=O)O)cn2)C1)C1CC1. The minimum Gasteiger partial charge on any atom is -0.478 e. The minimum absolute atomic E-state index is 0.0560. The predicted octanol–water partition coefficient (Wildman–Crippen LogP) is 2.10. The van der Waals surface area contributed by atoms with Gasteiger partial charge in [0.05, 0.1) is 17.8 Å². The molecule has 22 heavy (non-hydrogen) atoms. The van der Waals surface area contributed by atoms with Gasteiger partial charge < -0.3 is 10.0 Å². The lowest BCUT2D eigenvalue weighted by Crippen LogP contribution is -2.40. The van der Waals surface area contributed by atoms with Crippen LogP contribution in [0.1, 0.15) is 49.0 Å². The zero-order valence-corrected chi connectivity index (χ0v) is 12.7. The van der Waals surface area contributed by atoms with Crippen molar-refractivity contribution < 1.29 is 14.7 Å². The molecule has 3 rings (SSSR count). The number of carbonyl (C=O) groups is 2. The van der Waals surface area contributed by atoms with E-state index in [9.17, 15) is 9.59 Å². The van der Waals surface area contributed by atoms with Crippen LogP contribution in [0.25, 0.3) is 0 Å². The number of piperidine rings is 1. The van der Waals surface area contributed by atoms with Gasteiger partial charge in [-0.2, -0.15) is 5.10 Å². The van der Waals surface area contributed by atoms with Crippen LogP contribution >= 0.6 is 0 Å². The number of likely N-dealkylation sites (tertiary alicyclic amines) is 1. The van der Waals surface area contributed by atoms with Crippen molar-refractivity contribution in [2.24, 2.45) is 5.92 Å². The lowest BCUT2D eigenvalue weighted by Gasteiger charge is -2.32. The molecule has 1 unspecified atom stereocenters. The van der Waals surface area contributed by atoms with Crippen LogP contribution in [-0.4, -0.2) is 44.8 Å². The number of nitrogens with zero attached hydrogens (tertiary/aromatic N) is 3. The highest BCUT2D eigenvalue weighted by Crippen LogP contribution is 2.36. The summed E-state index contributed by atoms with van der Waals surface area (Å²) in [5, 5.41) is 13.1. The molecule has 1 aliphatic carbocycles. The first-order valence-electron chi connectivity index (χ1n) is 7.79. The quantitative estimate of drug-likeness (QED) is 0.864. The summed E-state index contributed by atoms with van der Waals surface area (Å²) < 4.78 is 1.68. The van der Waals surface area contributed by atoms with Crippen molar-refractivity contribution in [1.29, 1.82) is 0 Å². The normalized spacial score (nSPS) is 22.7. The molecule has 1 amide bonds. The maximum atomic E-state index is 12.4. The van der Waals surface area contributed by atoms with E-state index in [0.29, 0.717) is 12.5 Å². The molecular weight excluding hydrogens is 282 g/mol. The molecule has 1 N–H and O–H groups in total. The number of amides is 1. The van der Waals surface area contributed by atoms with Crippen LogP contribution in [0, 0.1) is 5.92 Å². The molecule has 0 bridgehead atoms. The maximum absolute atomic E-state index is 12.4. The molecule has 6 nitrogen and oxygen atoms in total. The topological polar surface area (TPSA) is 75.4 Å². The molecule has 1 aromatic heterocycles. The number of allylic oxidation sites excluding steroid dienone is 1. The van der Waals surface area contributed by atoms with Gasteiger partial charge in [-0.25, -0.2) is 4.79 Å². The van der Waals surface area contributed by atoms with Gasteiger partial charge in [-0.3, -0.25) is 9.48 Å². The van der Waals surface area contributed by atoms with Crippen molar-refractivity contribution in [3.05, 3.63) is 29.6 Å². The fraction of sp³-hybridized carbons (Fsp3) is 0.562. The molecule has 2 fully saturated rings. The molecule has 2 heterocycles. The van der Waals surface area contributed by atoms with E-state index in [0.717, 1.165) is 19.4 Å². The summed E-state index contributed by atoms with van der Waals surface area (Å²) >= 11 is 0. The smallest absolute Gasteiger partial charge is 0.338 e. The van der Waals surface area contributed by atoms with Crippen LogP contribution in [0.4, 0.5) is 0 Å². The molecule has 1 saturated heterocycles. The zero-order chi connectivity index (χ0) is 15.7. The number of hydrogen-bond donors (Lipinski definition) is 1. The van der Waals surface area contributed by atoms with E-state index in [4.69, 9.17) is 5.11 Å². The summed E-state index contributed by atoms with van der Waals surface area (Å²) in [5.74, 6) is -0.300. The number of aromatic nitrogens is 2. The number of aromatic carboxylic acids is 1. The van der Waals surface area contributed by atoms with E-state index in [2.05, 4.69) is 5.10 Å². The third kappa shape index (κ3) is 3.21. The van der Waals surface area contributed by atoms with Crippen LogP contribution in [0.3, 0.4) is 0 Å². The van der Waals surface area contributed by atoms with Crippen LogP contribution in [0.2, 0.25) is 0 Å². The van der Waals surface area contributed by atoms with Gasteiger partial charge in [-0.05, 0) is 38.5 Å². The Balaban J connectivity index is 1.66. The van der Waals surface area contributed by atoms with Crippen LogP contribution in [-0.2, 0) is 4.79 Å². The highest BCUT2D eigenvalue weighted by Gasteiger charge is 2.27. The number of carboxylic acid groups (broad SMARTS) is 1. The second kappa shape index (κ2) is 5.94. The van der Waals surface area contributed by atoms with E-state index < -0.39 is 5.97 Å². The Hall–Kier alpha value is -2.11. The second-order valence-electron chi connectivity index (χ2n) is 6.26. The molecule has 6 heteroatoms. The van der Waals surface area contributed by atoms with Gasteiger partial charge in [0.1, 0.15) is 0 Å². The van der Waals surface area contributed by atoms with E-state index in [1.165, 1.54) is 24.6 Å². The van der Waals surface area contributed by atoms with E-state index in [1.54, 1.807) is 17.0 Å². The van der Waals surface area contributed by atoms with Gasteiger partial charge in [0.25, 0.3) is 0 Å².